The molecule has 2 nitrogen and oxygen atoms in total. The van der Waals surface area contributed by atoms with Gasteiger partial charge < -0.3 is 5.11 Å². The zero-order chi connectivity index (χ0) is 14.7. The summed E-state index contributed by atoms with van der Waals surface area (Å²) in [6.45, 7) is 0. The van der Waals surface area contributed by atoms with E-state index >= 15 is 0 Å². The van der Waals surface area contributed by atoms with Crippen LogP contribution >= 0.6 is 15.9 Å². The lowest BCUT2D eigenvalue weighted by Crippen LogP contribution is -2.38. The maximum absolute atomic E-state index is 10.9. The van der Waals surface area contributed by atoms with Crippen LogP contribution in [0.4, 0.5) is 0 Å². The molecule has 1 N–H and O–H groups in total. The van der Waals surface area contributed by atoms with Crippen LogP contribution in [0.2, 0.25) is 0 Å². The molecular weight excluding hydrogens is 326 g/mol. The third-order valence-electron chi connectivity index (χ3n) is 4.67. The lowest BCUT2D eigenvalue weighted by atomic mass is 9.73. The van der Waals surface area contributed by atoms with E-state index in [1.165, 1.54) is 18.4 Å². The monoisotopic (exact) mass is 345 g/mol. The summed E-state index contributed by atoms with van der Waals surface area (Å²) in [5.74, 6) is 0. The molecule has 3 heteroatoms. The first kappa shape index (κ1) is 14.7. The SMILES string of the molecule is OC(Cc1ccc(Br)cn1)C1(c2ccccc2)CCCC1. The fourth-order valence-corrected chi connectivity index (χ4v) is 3.75. The summed E-state index contributed by atoms with van der Waals surface area (Å²) < 4.78 is 0.972. The van der Waals surface area contributed by atoms with Crippen molar-refractivity contribution < 1.29 is 5.11 Å². The maximum Gasteiger partial charge on any atom is 0.0692 e. The van der Waals surface area contributed by atoms with E-state index in [2.05, 4.69) is 45.2 Å². The summed E-state index contributed by atoms with van der Waals surface area (Å²) in [5.41, 5.74) is 2.12. The highest BCUT2D eigenvalue weighted by molar-refractivity contribution is 9.10. The minimum Gasteiger partial charge on any atom is -0.392 e. The van der Waals surface area contributed by atoms with Crippen LogP contribution < -0.4 is 0 Å². The lowest BCUT2D eigenvalue weighted by molar-refractivity contribution is 0.0817. The fourth-order valence-electron chi connectivity index (χ4n) is 3.51. The van der Waals surface area contributed by atoms with Crippen molar-refractivity contribution in [3.05, 3.63) is 64.4 Å². The van der Waals surface area contributed by atoms with Gasteiger partial charge in [0.1, 0.15) is 0 Å². The molecule has 0 aliphatic heterocycles. The molecule has 2 aromatic rings. The predicted octanol–water partition coefficient (Wildman–Crippen LogP) is 4.26. The van der Waals surface area contributed by atoms with Crippen molar-refractivity contribution in [2.45, 2.75) is 43.6 Å². The zero-order valence-corrected chi connectivity index (χ0v) is 13.6. The summed E-state index contributed by atoms with van der Waals surface area (Å²) in [4.78, 5) is 4.41. The molecule has 1 fully saturated rings. The summed E-state index contributed by atoms with van der Waals surface area (Å²) >= 11 is 3.40. The standard InChI is InChI=1S/C18H20BrNO/c19-15-8-9-16(20-13-15)12-17(21)18(10-4-5-11-18)14-6-2-1-3-7-14/h1-3,6-9,13,17,21H,4-5,10-12H2. The first-order chi connectivity index (χ1) is 10.2. The third kappa shape index (κ3) is 3.04. The van der Waals surface area contributed by atoms with Crippen LogP contribution in [0.3, 0.4) is 0 Å². The Morgan fingerprint density at radius 3 is 2.43 bits per heavy atom. The molecule has 1 aliphatic rings. The average molecular weight is 346 g/mol. The second kappa shape index (κ2) is 6.29. The van der Waals surface area contributed by atoms with Crippen molar-refractivity contribution in [1.29, 1.82) is 0 Å². The van der Waals surface area contributed by atoms with Crippen LogP contribution in [0.5, 0.6) is 0 Å². The van der Waals surface area contributed by atoms with Gasteiger partial charge in [0.15, 0.2) is 0 Å². The van der Waals surface area contributed by atoms with E-state index < -0.39 is 0 Å². The number of hydrogen-bond acceptors (Lipinski definition) is 2. The highest BCUT2D eigenvalue weighted by Crippen LogP contribution is 2.44. The Balaban J connectivity index is 1.85. The van der Waals surface area contributed by atoms with Gasteiger partial charge in [0.05, 0.1) is 6.10 Å². The highest BCUT2D eigenvalue weighted by atomic mass is 79.9. The average Bonchev–Trinajstić information content (AvgIpc) is 3.01. The summed E-state index contributed by atoms with van der Waals surface area (Å²) in [6, 6.07) is 14.5. The maximum atomic E-state index is 10.9. The van der Waals surface area contributed by atoms with Crippen molar-refractivity contribution in [2.75, 3.05) is 0 Å². The minimum atomic E-state index is -0.379. The molecule has 1 aromatic heterocycles. The first-order valence-corrected chi connectivity index (χ1v) is 8.34. The van der Waals surface area contributed by atoms with Gasteiger partial charge >= 0.3 is 0 Å². The number of rotatable bonds is 4. The van der Waals surface area contributed by atoms with Crippen molar-refractivity contribution in [2.24, 2.45) is 0 Å². The van der Waals surface area contributed by atoms with E-state index in [0.717, 1.165) is 23.0 Å². The van der Waals surface area contributed by atoms with Gasteiger partial charge in [-0.1, -0.05) is 43.2 Å². The van der Waals surface area contributed by atoms with Crippen molar-refractivity contribution in [3.8, 4) is 0 Å². The van der Waals surface area contributed by atoms with E-state index in [1.54, 1.807) is 6.20 Å². The molecule has 1 unspecified atom stereocenters. The molecule has 1 saturated carbocycles. The predicted molar refractivity (Wildman–Crippen MR) is 88.2 cm³/mol. The van der Waals surface area contributed by atoms with Gasteiger partial charge in [-0.15, -0.1) is 0 Å². The number of nitrogens with zero attached hydrogens (tertiary/aromatic N) is 1. The van der Waals surface area contributed by atoms with Crippen molar-refractivity contribution in [3.63, 3.8) is 0 Å². The molecule has 1 heterocycles. The van der Waals surface area contributed by atoms with Crippen LogP contribution in [0.25, 0.3) is 0 Å². The van der Waals surface area contributed by atoms with Gasteiger partial charge in [-0.2, -0.15) is 0 Å². The Morgan fingerprint density at radius 1 is 1.10 bits per heavy atom. The van der Waals surface area contributed by atoms with Crippen molar-refractivity contribution in [1.82, 2.24) is 4.98 Å². The van der Waals surface area contributed by atoms with E-state index in [0.29, 0.717) is 6.42 Å². The quantitative estimate of drug-likeness (QED) is 0.897. The van der Waals surface area contributed by atoms with Gasteiger partial charge in [-0.05, 0) is 46.5 Å². The topological polar surface area (TPSA) is 33.1 Å². The van der Waals surface area contributed by atoms with Crippen LogP contribution in [-0.2, 0) is 11.8 Å². The van der Waals surface area contributed by atoms with Gasteiger partial charge in [0, 0.05) is 28.2 Å². The van der Waals surface area contributed by atoms with Gasteiger partial charge in [0.2, 0.25) is 0 Å². The van der Waals surface area contributed by atoms with E-state index in [-0.39, 0.29) is 11.5 Å². The molecule has 110 valence electrons. The Hall–Kier alpha value is -1.19. The Morgan fingerprint density at radius 2 is 1.81 bits per heavy atom. The fraction of sp³-hybridized carbons (Fsp3) is 0.389. The largest absolute Gasteiger partial charge is 0.392 e. The first-order valence-electron chi connectivity index (χ1n) is 7.55. The molecule has 0 spiro atoms. The number of aromatic nitrogens is 1. The number of benzene rings is 1. The summed E-state index contributed by atoms with van der Waals surface area (Å²) in [5, 5.41) is 10.9. The normalized spacial score (nSPS) is 18.6. The van der Waals surface area contributed by atoms with Crippen LogP contribution in [-0.4, -0.2) is 16.2 Å². The second-order valence-corrected chi connectivity index (χ2v) is 6.83. The van der Waals surface area contributed by atoms with E-state index in [4.69, 9.17) is 0 Å². The number of aliphatic hydroxyl groups is 1. The molecule has 21 heavy (non-hydrogen) atoms. The van der Waals surface area contributed by atoms with Crippen LogP contribution in [0.1, 0.15) is 36.9 Å². The second-order valence-electron chi connectivity index (χ2n) is 5.92. The highest BCUT2D eigenvalue weighted by Gasteiger charge is 2.41. The molecule has 3 rings (SSSR count). The molecular formula is C18H20BrNO. The van der Waals surface area contributed by atoms with Crippen LogP contribution in [0, 0.1) is 0 Å². The van der Waals surface area contributed by atoms with Gasteiger partial charge in [-0.25, -0.2) is 0 Å². The smallest absolute Gasteiger partial charge is 0.0692 e. The molecule has 0 amide bonds. The molecule has 0 radical (unpaired) electrons. The number of halogens is 1. The number of hydrogen-bond donors (Lipinski definition) is 1. The Kier molecular flexibility index (Phi) is 4.41. The van der Waals surface area contributed by atoms with Crippen LogP contribution in [0.15, 0.2) is 53.1 Å². The summed E-state index contributed by atoms with van der Waals surface area (Å²) in [7, 11) is 0. The summed E-state index contributed by atoms with van der Waals surface area (Å²) in [6.07, 6.45) is 6.55. The zero-order valence-electron chi connectivity index (χ0n) is 12.0. The number of pyridine rings is 1. The minimum absolute atomic E-state index is 0.101. The van der Waals surface area contributed by atoms with Gasteiger partial charge in [-0.3, -0.25) is 4.98 Å². The molecule has 0 bridgehead atoms. The lowest BCUT2D eigenvalue weighted by Gasteiger charge is -2.35. The molecule has 1 aromatic carbocycles. The number of aliphatic hydroxyl groups excluding tert-OH is 1. The molecule has 0 saturated heterocycles. The molecule has 1 atom stereocenters. The van der Waals surface area contributed by atoms with E-state index in [1.807, 2.05) is 18.2 Å². The van der Waals surface area contributed by atoms with Crippen molar-refractivity contribution >= 4 is 15.9 Å². The van der Waals surface area contributed by atoms with E-state index in [9.17, 15) is 5.11 Å². The third-order valence-corrected chi connectivity index (χ3v) is 5.14. The van der Waals surface area contributed by atoms with Gasteiger partial charge in [0.25, 0.3) is 0 Å². The molecule has 1 aliphatic carbocycles. The Labute approximate surface area is 134 Å². The Bertz CT molecular complexity index is 576.